The molecule has 0 saturated heterocycles. The van der Waals surface area contributed by atoms with Crippen LogP contribution < -0.4 is 10.1 Å². The zero-order valence-electron chi connectivity index (χ0n) is 12.8. The second kappa shape index (κ2) is 7.67. The van der Waals surface area contributed by atoms with E-state index in [4.69, 9.17) is 4.74 Å². The van der Waals surface area contributed by atoms with Crippen molar-refractivity contribution in [1.82, 2.24) is 5.32 Å². The molecule has 0 aromatic heterocycles. The minimum Gasteiger partial charge on any atom is -0.493 e. The van der Waals surface area contributed by atoms with Gasteiger partial charge in [0.2, 0.25) is 5.91 Å². The van der Waals surface area contributed by atoms with Crippen LogP contribution in [0.5, 0.6) is 5.75 Å². The Morgan fingerprint density at radius 1 is 1.19 bits per heavy atom. The molecule has 5 heteroatoms. The van der Waals surface area contributed by atoms with E-state index in [0.29, 0.717) is 18.6 Å². The van der Waals surface area contributed by atoms with Gasteiger partial charge in [0.1, 0.15) is 11.3 Å². The zero-order valence-corrected chi connectivity index (χ0v) is 12.8. The number of ether oxygens (including phenoxy) is 1. The van der Waals surface area contributed by atoms with E-state index in [9.17, 15) is 14.7 Å². The Morgan fingerprint density at radius 3 is 2.24 bits per heavy atom. The fraction of sp³-hybridized carbons (Fsp3) is 0.500. The van der Waals surface area contributed by atoms with Crippen molar-refractivity contribution in [3.8, 4) is 5.75 Å². The fourth-order valence-electron chi connectivity index (χ4n) is 2.01. The Bertz CT molecular complexity index is 478. The summed E-state index contributed by atoms with van der Waals surface area (Å²) in [4.78, 5) is 23.2. The summed E-state index contributed by atoms with van der Waals surface area (Å²) >= 11 is 0. The van der Waals surface area contributed by atoms with E-state index in [0.717, 1.165) is 5.56 Å². The largest absolute Gasteiger partial charge is 0.493 e. The van der Waals surface area contributed by atoms with Crippen LogP contribution in [0.4, 0.5) is 0 Å². The third-order valence-corrected chi connectivity index (χ3v) is 3.61. The zero-order chi connectivity index (χ0) is 15.9. The smallest absolute Gasteiger partial charge is 0.329 e. The van der Waals surface area contributed by atoms with Crippen molar-refractivity contribution >= 4 is 11.9 Å². The van der Waals surface area contributed by atoms with Gasteiger partial charge in [-0.15, -0.1) is 0 Å². The monoisotopic (exact) mass is 293 g/mol. The van der Waals surface area contributed by atoms with Crippen LogP contribution in [-0.2, 0) is 9.59 Å². The second-order valence-electron chi connectivity index (χ2n) is 5.05. The molecule has 0 bridgehead atoms. The van der Waals surface area contributed by atoms with Gasteiger partial charge in [0, 0.05) is 0 Å². The standard InChI is InChI=1S/C16H23NO4/c1-4-16(5-2,15(19)20)17-14(18)10-11-21-13-8-6-12(3)7-9-13/h6-9H,4-5,10-11H2,1-3H3,(H,17,18)(H,19,20). The first kappa shape index (κ1) is 17.0. The number of hydrogen-bond donors (Lipinski definition) is 2. The molecule has 1 amide bonds. The van der Waals surface area contributed by atoms with Gasteiger partial charge in [-0.1, -0.05) is 31.5 Å². The summed E-state index contributed by atoms with van der Waals surface area (Å²) in [5.74, 6) is -0.614. The number of aryl methyl sites for hydroxylation is 1. The van der Waals surface area contributed by atoms with E-state index in [2.05, 4.69) is 5.32 Å². The van der Waals surface area contributed by atoms with Gasteiger partial charge < -0.3 is 15.2 Å². The lowest BCUT2D eigenvalue weighted by Gasteiger charge is -2.28. The molecule has 0 radical (unpaired) electrons. The summed E-state index contributed by atoms with van der Waals surface area (Å²) in [5.41, 5.74) is -0.0433. The summed E-state index contributed by atoms with van der Waals surface area (Å²) in [6.45, 7) is 5.71. The minimum absolute atomic E-state index is 0.128. The molecular weight excluding hydrogens is 270 g/mol. The van der Waals surface area contributed by atoms with E-state index in [1.807, 2.05) is 31.2 Å². The van der Waals surface area contributed by atoms with E-state index < -0.39 is 11.5 Å². The summed E-state index contributed by atoms with van der Waals surface area (Å²) in [6.07, 6.45) is 0.829. The maximum absolute atomic E-state index is 11.9. The van der Waals surface area contributed by atoms with Crippen LogP contribution in [0.2, 0.25) is 0 Å². The van der Waals surface area contributed by atoms with E-state index in [-0.39, 0.29) is 18.9 Å². The van der Waals surface area contributed by atoms with Crippen molar-refractivity contribution in [2.45, 2.75) is 45.6 Å². The molecule has 0 heterocycles. The number of carboxylic acids is 1. The van der Waals surface area contributed by atoms with Crippen molar-refractivity contribution in [1.29, 1.82) is 0 Å². The highest BCUT2D eigenvalue weighted by Crippen LogP contribution is 2.16. The van der Waals surface area contributed by atoms with Gasteiger partial charge >= 0.3 is 5.97 Å². The molecule has 1 aromatic rings. The number of benzene rings is 1. The van der Waals surface area contributed by atoms with Gasteiger partial charge in [0.05, 0.1) is 13.0 Å². The maximum atomic E-state index is 11.9. The van der Waals surface area contributed by atoms with Crippen LogP contribution in [0.1, 0.15) is 38.7 Å². The predicted octanol–water partition coefficient (Wildman–Crippen LogP) is 2.52. The highest BCUT2D eigenvalue weighted by atomic mass is 16.5. The maximum Gasteiger partial charge on any atom is 0.329 e. The summed E-state index contributed by atoms with van der Waals surface area (Å²) in [6, 6.07) is 7.54. The molecule has 1 aromatic carbocycles. The summed E-state index contributed by atoms with van der Waals surface area (Å²) in [5, 5.41) is 11.9. The van der Waals surface area contributed by atoms with Crippen LogP contribution in [0.25, 0.3) is 0 Å². The first-order valence-electron chi connectivity index (χ1n) is 7.17. The molecule has 0 aliphatic rings. The molecule has 0 fully saturated rings. The van der Waals surface area contributed by atoms with Gasteiger partial charge in [-0.2, -0.15) is 0 Å². The van der Waals surface area contributed by atoms with Crippen molar-refractivity contribution in [2.24, 2.45) is 0 Å². The minimum atomic E-state index is -1.18. The molecular formula is C16H23NO4. The number of carboxylic acid groups (broad SMARTS) is 1. The average molecular weight is 293 g/mol. The second-order valence-corrected chi connectivity index (χ2v) is 5.05. The van der Waals surface area contributed by atoms with Crippen molar-refractivity contribution in [2.75, 3.05) is 6.61 Å². The highest BCUT2D eigenvalue weighted by molar-refractivity contribution is 5.86. The lowest BCUT2D eigenvalue weighted by Crippen LogP contribution is -2.53. The lowest BCUT2D eigenvalue weighted by atomic mass is 9.93. The Morgan fingerprint density at radius 2 is 1.76 bits per heavy atom. The number of nitrogens with one attached hydrogen (secondary N) is 1. The first-order valence-corrected chi connectivity index (χ1v) is 7.17. The molecule has 1 rings (SSSR count). The predicted molar refractivity (Wildman–Crippen MR) is 80.4 cm³/mol. The van der Waals surface area contributed by atoms with Crippen molar-refractivity contribution in [3.05, 3.63) is 29.8 Å². The quantitative estimate of drug-likeness (QED) is 0.772. The number of aliphatic carboxylic acids is 1. The summed E-state index contributed by atoms with van der Waals surface area (Å²) < 4.78 is 5.47. The normalized spacial score (nSPS) is 11.0. The number of amides is 1. The number of hydrogen-bond acceptors (Lipinski definition) is 3. The molecule has 0 aliphatic heterocycles. The van der Waals surface area contributed by atoms with Gasteiger partial charge in [0.15, 0.2) is 0 Å². The SMILES string of the molecule is CCC(CC)(NC(=O)CCOc1ccc(C)cc1)C(=O)O. The van der Waals surface area contributed by atoms with Crippen LogP contribution >= 0.6 is 0 Å². The Labute approximate surface area is 125 Å². The third-order valence-electron chi connectivity index (χ3n) is 3.61. The number of carbonyl (C=O) groups excluding carboxylic acids is 1. The van der Waals surface area contributed by atoms with Crippen LogP contribution in [-0.4, -0.2) is 29.1 Å². The van der Waals surface area contributed by atoms with Crippen LogP contribution in [0, 0.1) is 6.92 Å². The molecule has 0 saturated carbocycles. The van der Waals surface area contributed by atoms with Gasteiger partial charge in [-0.25, -0.2) is 4.79 Å². The topological polar surface area (TPSA) is 75.6 Å². The third kappa shape index (κ3) is 4.77. The van der Waals surface area contributed by atoms with Crippen LogP contribution in [0.3, 0.4) is 0 Å². The Kier molecular flexibility index (Phi) is 6.21. The van der Waals surface area contributed by atoms with E-state index in [1.165, 1.54) is 0 Å². The molecule has 116 valence electrons. The molecule has 21 heavy (non-hydrogen) atoms. The fourth-order valence-corrected chi connectivity index (χ4v) is 2.01. The molecule has 5 nitrogen and oxygen atoms in total. The van der Waals surface area contributed by atoms with E-state index in [1.54, 1.807) is 13.8 Å². The number of carbonyl (C=O) groups is 2. The van der Waals surface area contributed by atoms with Crippen molar-refractivity contribution in [3.63, 3.8) is 0 Å². The molecule has 0 unspecified atom stereocenters. The van der Waals surface area contributed by atoms with E-state index >= 15 is 0 Å². The molecule has 0 atom stereocenters. The molecule has 0 spiro atoms. The molecule has 0 aliphatic carbocycles. The lowest BCUT2D eigenvalue weighted by molar-refractivity contribution is -0.148. The highest BCUT2D eigenvalue weighted by Gasteiger charge is 2.36. The van der Waals surface area contributed by atoms with Crippen molar-refractivity contribution < 1.29 is 19.4 Å². The van der Waals surface area contributed by atoms with Gasteiger partial charge in [0.25, 0.3) is 0 Å². The first-order chi connectivity index (χ1) is 9.93. The summed E-state index contributed by atoms with van der Waals surface area (Å²) in [7, 11) is 0. The Hall–Kier alpha value is -2.04. The van der Waals surface area contributed by atoms with Crippen LogP contribution in [0.15, 0.2) is 24.3 Å². The van der Waals surface area contributed by atoms with Gasteiger partial charge in [-0.3, -0.25) is 4.79 Å². The average Bonchev–Trinajstić information content (AvgIpc) is 2.46. The Balaban J connectivity index is 2.46. The van der Waals surface area contributed by atoms with Gasteiger partial charge in [-0.05, 0) is 31.9 Å². The number of rotatable bonds is 8. The molecule has 2 N–H and O–H groups in total.